The Hall–Kier alpha value is -1.30. The summed E-state index contributed by atoms with van der Waals surface area (Å²) in [6, 6.07) is 0. The highest BCUT2D eigenvalue weighted by atomic mass is 16.5. The second-order valence-corrected chi connectivity index (χ2v) is 3.98. The predicted octanol–water partition coefficient (Wildman–Crippen LogP) is -0.676. The van der Waals surface area contributed by atoms with Crippen LogP contribution in [0.1, 0.15) is 12.8 Å². The van der Waals surface area contributed by atoms with Gasteiger partial charge in [-0.05, 0) is 12.8 Å². The zero-order valence-corrected chi connectivity index (χ0v) is 10.6. The van der Waals surface area contributed by atoms with Gasteiger partial charge in [0.15, 0.2) is 5.96 Å². The molecule has 0 bridgehead atoms. The number of carbonyl (C=O) groups is 1. The molecule has 98 valence electrons. The molecule has 3 N–H and O–H groups in total. The molecule has 17 heavy (non-hydrogen) atoms. The third kappa shape index (κ3) is 6.11. The molecule has 1 saturated carbocycles. The maximum absolute atomic E-state index is 11.3. The quantitative estimate of drug-likeness (QED) is 0.314. The first-order chi connectivity index (χ1) is 8.27. The Balaban J connectivity index is 2.00. The fraction of sp³-hybridized carbons (Fsp3) is 0.818. The number of hydrogen-bond donors (Lipinski definition) is 3. The molecule has 0 heterocycles. The third-order valence-electron chi connectivity index (χ3n) is 2.49. The van der Waals surface area contributed by atoms with Crippen LogP contribution in [0, 0.1) is 5.92 Å². The van der Waals surface area contributed by atoms with E-state index in [1.807, 2.05) is 0 Å². The molecule has 0 aromatic carbocycles. The number of aliphatic imine (C=N–C) groups is 1. The van der Waals surface area contributed by atoms with Gasteiger partial charge in [-0.2, -0.15) is 0 Å². The van der Waals surface area contributed by atoms with Gasteiger partial charge in [0.2, 0.25) is 5.91 Å². The van der Waals surface area contributed by atoms with Crippen molar-refractivity contribution >= 4 is 11.9 Å². The van der Waals surface area contributed by atoms with E-state index < -0.39 is 0 Å². The fourth-order valence-electron chi connectivity index (χ4n) is 1.35. The normalized spacial score (nSPS) is 15.5. The van der Waals surface area contributed by atoms with Crippen LogP contribution < -0.4 is 16.0 Å². The maximum atomic E-state index is 11.3. The van der Waals surface area contributed by atoms with E-state index in [1.54, 1.807) is 14.2 Å². The number of amides is 1. The number of rotatable bonds is 7. The van der Waals surface area contributed by atoms with Crippen LogP contribution in [0.25, 0.3) is 0 Å². The Kier molecular flexibility index (Phi) is 6.39. The van der Waals surface area contributed by atoms with E-state index in [4.69, 9.17) is 4.74 Å². The Labute approximate surface area is 102 Å². The molecular weight excluding hydrogens is 220 g/mol. The van der Waals surface area contributed by atoms with Gasteiger partial charge in [-0.15, -0.1) is 0 Å². The van der Waals surface area contributed by atoms with Crippen molar-refractivity contribution in [2.75, 3.05) is 40.4 Å². The molecule has 1 rings (SSSR count). The molecule has 1 aliphatic rings. The minimum atomic E-state index is 0.175. The van der Waals surface area contributed by atoms with E-state index in [0.717, 1.165) is 18.8 Å². The van der Waals surface area contributed by atoms with Gasteiger partial charge in [-0.1, -0.05) is 0 Å². The van der Waals surface area contributed by atoms with Crippen LogP contribution in [-0.2, 0) is 9.53 Å². The molecule has 6 heteroatoms. The number of nitrogens with zero attached hydrogens (tertiary/aromatic N) is 1. The van der Waals surface area contributed by atoms with Gasteiger partial charge in [0.1, 0.15) is 0 Å². The van der Waals surface area contributed by atoms with Crippen molar-refractivity contribution in [3.8, 4) is 0 Å². The minimum Gasteiger partial charge on any atom is -0.383 e. The van der Waals surface area contributed by atoms with Gasteiger partial charge < -0.3 is 20.7 Å². The molecule has 0 radical (unpaired) electrons. The highest BCUT2D eigenvalue weighted by Crippen LogP contribution is 2.28. The number of guanidine groups is 1. The summed E-state index contributed by atoms with van der Waals surface area (Å²) in [5, 5.41) is 9.09. The molecule has 0 aliphatic heterocycles. The van der Waals surface area contributed by atoms with Crippen molar-refractivity contribution in [2.45, 2.75) is 12.8 Å². The second-order valence-electron chi connectivity index (χ2n) is 3.98. The van der Waals surface area contributed by atoms with Crippen LogP contribution in [0.5, 0.6) is 0 Å². The van der Waals surface area contributed by atoms with Crippen molar-refractivity contribution in [1.82, 2.24) is 16.0 Å². The molecule has 0 atom stereocenters. The Bertz CT molecular complexity index is 264. The summed E-state index contributed by atoms with van der Waals surface area (Å²) in [4.78, 5) is 15.4. The maximum Gasteiger partial charge on any atom is 0.223 e. The first-order valence-electron chi connectivity index (χ1n) is 5.99. The molecular formula is C11H22N4O2. The van der Waals surface area contributed by atoms with Crippen LogP contribution in [0.4, 0.5) is 0 Å². The molecule has 0 aromatic rings. The lowest BCUT2D eigenvalue weighted by atomic mass is 10.4. The average molecular weight is 242 g/mol. The Morgan fingerprint density at radius 2 is 1.88 bits per heavy atom. The highest BCUT2D eigenvalue weighted by Gasteiger charge is 2.28. The summed E-state index contributed by atoms with van der Waals surface area (Å²) >= 11 is 0. The summed E-state index contributed by atoms with van der Waals surface area (Å²) < 4.78 is 4.92. The average Bonchev–Trinajstić information content (AvgIpc) is 3.16. The third-order valence-corrected chi connectivity index (χ3v) is 2.49. The summed E-state index contributed by atoms with van der Waals surface area (Å²) in [5.41, 5.74) is 0. The Morgan fingerprint density at radius 1 is 1.24 bits per heavy atom. The van der Waals surface area contributed by atoms with E-state index in [0.29, 0.717) is 26.2 Å². The van der Waals surface area contributed by atoms with E-state index in [1.165, 1.54) is 0 Å². The van der Waals surface area contributed by atoms with Crippen molar-refractivity contribution < 1.29 is 9.53 Å². The molecule has 1 aliphatic carbocycles. The number of methoxy groups -OCH3 is 1. The van der Waals surface area contributed by atoms with Gasteiger partial charge in [0, 0.05) is 39.7 Å². The van der Waals surface area contributed by atoms with E-state index >= 15 is 0 Å². The summed E-state index contributed by atoms with van der Waals surface area (Å²) in [5.74, 6) is 1.17. The van der Waals surface area contributed by atoms with Gasteiger partial charge in [-0.3, -0.25) is 9.79 Å². The highest BCUT2D eigenvalue weighted by molar-refractivity contribution is 5.81. The number of ether oxygens (including phenoxy) is 1. The number of nitrogens with one attached hydrogen (secondary N) is 3. The van der Waals surface area contributed by atoms with Crippen LogP contribution in [-0.4, -0.2) is 52.3 Å². The molecule has 6 nitrogen and oxygen atoms in total. The monoisotopic (exact) mass is 242 g/mol. The number of carbonyl (C=O) groups excluding carboxylic acids is 1. The van der Waals surface area contributed by atoms with Crippen molar-refractivity contribution in [3.05, 3.63) is 0 Å². The predicted molar refractivity (Wildman–Crippen MR) is 67.0 cm³/mol. The van der Waals surface area contributed by atoms with Crippen LogP contribution >= 0.6 is 0 Å². The summed E-state index contributed by atoms with van der Waals surface area (Å²) in [7, 11) is 3.37. The molecule has 0 unspecified atom stereocenters. The summed E-state index contributed by atoms with van der Waals surface area (Å²) in [6.07, 6.45) is 2.08. The largest absolute Gasteiger partial charge is 0.383 e. The van der Waals surface area contributed by atoms with Crippen LogP contribution in [0.15, 0.2) is 4.99 Å². The van der Waals surface area contributed by atoms with Gasteiger partial charge in [0.25, 0.3) is 0 Å². The standard InChI is InChI=1S/C11H22N4O2/c1-12-11(15-7-8-17-2)14-6-5-13-10(16)9-3-4-9/h9H,3-8H2,1-2H3,(H,13,16)(H2,12,14,15). The lowest BCUT2D eigenvalue weighted by Crippen LogP contribution is -2.42. The molecule has 0 spiro atoms. The topological polar surface area (TPSA) is 74.8 Å². The van der Waals surface area contributed by atoms with Gasteiger partial charge in [0.05, 0.1) is 6.61 Å². The minimum absolute atomic E-state index is 0.175. The first-order valence-corrected chi connectivity index (χ1v) is 5.99. The molecule has 1 amide bonds. The molecule has 0 saturated heterocycles. The molecule has 0 aromatic heterocycles. The van der Waals surface area contributed by atoms with Crippen LogP contribution in [0.3, 0.4) is 0 Å². The molecule has 1 fully saturated rings. The zero-order chi connectivity index (χ0) is 12.5. The van der Waals surface area contributed by atoms with Gasteiger partial charge >= 0.3 is 0 Å². The van der Waals surface area contributed by atoms with Gasteiger partial charge in [-0.25, -0.2) is 0 Å². The Morgan fingerprint density at radius 3 is 2.47 bits per heavy atom. The van der Waals surface area contributed by atoms with E-state index in [2.05, 4.69) is 20.9 Å². The fourth-order valence-corrected chi connectivity index (χ4v) is 1.35. The second kappa shape index (κ2) is 7.89. The first kappa shape index (κ1) is 13.8. The zero-order valence-electron chi connectivity index (χ0n) is 10.6. The van der Waals surface area contributed by atoms with Crippen LogP contribution in [0.2, 0.25) is 0 Å². The van der Waals surface area contributed by atoms with E-state index in [9.17, 15) is 4.79 Å². The summed E-state index contributed by atoms with van der Waals surface area (Å²) in [6.45, 7) is 2.65. The smallest absolute Gasteiger partial charge is 0.223 e. The van der Waals surface area contributed by atoms with Crippen molar-refractivity contribution in [3.63, 3.8) is 0 Å². The lowest BCUT2D eigenvalue weighted by molar-refractivity contribution is -0.122. The van der Waals surface area contributed by atoms with E-state index in [-0.39, 0.29) is 11.8 Å². The number of hydrogen-bond acceptors (Lipinski definition) is 3. The lowest BCUT2D eigenvalue weighted by Gasteiger charge is -2.11. The SMILES string of the molecule is CN=C(NCCNC(=O)C1CC1)NCCOC. The van der Waals surface area contributed by atoms with Crippen molar-refractivity contribution in [2.24, 2.45) is 10.9 Å². The van der Waals surface area contributed by atoms with Crippen molar-refractivity contribution in [1.29, 1.82) is 0 Å².